The summed E-state index contributed by atoms with van der Waals surface area (Å²) in [5.74, 6) is -0.233. The van der Waals surface area contributed by atoms with Crippen LogP contribution >= 0.6 is 0 Å². The third kappa shape index (κ3) is 1.18. The molecule has 0 spiro atoms. The summed E-state index contributed by atoms with van der Waals surface area (Å²) in [7, 11) is 0. The van der Waals surface area contributed by atoms with Crippen LogP contribution in [0.4, 0.5) is 0 Å². The molecule has 2 nitrogen and oxygen atoms in total. The molecule has 0 aromatic heterocycles. The second kappa shape index (κ2) is 2.46. The van der Waals surface area contributed by atoms with Crippen molar-refractivity contribution in [1.82, 2.24) is 0 Å². The molecule has 11 heavy (non-hydrogen) atoms. The minimum Gasteiger partial charge on any atom is -0.344 e. The van der Waals surface area contributed by atoms with Gasteiger partial charge in [0.1, 0.15) is 0 Å². The van der Waals surface area contributed by atoms with E-state index in [1.165, 1.54) is 12.8 Å². The van der Waals surface area contributed by atoms with E-state index in [-0.39, 0.29) is 5.79 Å². The molecule has 0 unspecified atom stereocenters. The van der Waals surface area contributed by atoms with Crippen LogP contribution in [0.5, 0.6) is 0 Å². The summed E-state index contributed by atoms with van der Waals surface area (Å²) < 4.78 is 11.6. The lowest BCUT2D eigenvalue weighted by Crippen LogP contribution is -2.30. The van der Waals surface area contributed by atoms with E-state index in [9.17, 15) is 0 Å². The second-order valence-corrected chi connectivity index (χ2v) is 3.75. The molecule has 0 radical (unpaired) electrons. The molecule has 2 aliphatic heterocycles. The van der Waals surface area contributed by atoms with Crippen molar-refractivity contribution in [3.05, 3.63) is 0 Å². The molecule has 2 heteroatoms. The van der Waals surface area contributed by atoms with Gasteiger partial charge in [-0.15, -0.1) is 0 Å². The monoisotopic (exact) mass is 156 g/mol. The zero-order valence-corrected chi connectivity index (χ0v) is 7.30. The standard InChI is InChI=1S/C9H16O2/c1-3-7-8-5-4-6-9(2,10-7)11-8/h7-8H,3-6H2,1-2H3/t7-,8-,9+/m1/s1. The highest BCUT2D eigenvalue weighted by Crippen LogP contribution is 2.40. The van der Waals surface area contributed by atoms with Gasteiger partial charge in [0.15, 0.2) is 5.79 Å². The zero-order chi connectivity index (χ0) is 7.90. The Hall–Kier alpha value is -0.0800. The molecule has 2 fully saturated rings. The SMILES string of the molecule is CC[C@H]1O[C@]2(C)CCC[C@H]1O2. The minimum atomic E-state index is -0.233. The van der Waals surface area contributed by atoms with Crippen LogP contribution in [-0.2, 0) is 9.47 Å². The van der Waals surface area contributed by atoms with E-state index in [1.54, 1.807) is 0 Å². The number of ether oxygens (including phenoxy) is 2. The number of hydrogen-bond donors (Lipinski definition) is 0. The Bertz CT molecular complexity index is 158. The second-order valence-electron chi connectivity index (χ2n) is 3.75. The number of fused-ring (bicyclic) bond motifs is 2. The van der Waals surface area contributed by atoms with Gasteiger partial charge >= 0.3 is 0 Å². The Morgan fingerprint density at radius 2 is 2.27 bits per heavy atom. The Morgan fingerprint density at radius 3 is 2.91 bits per heavy atom. The predicted octanol–water partition coefficient (Wildman–Crippen LogP) is 2.08. The highest BCUT2D eigenvalue weighted by molar-refractivity contribution is 4.87. The molecule has 3 atom stereocenters. The largest absolute Gasteiger partial charge is 0.344 e. The van der Waals surface area contributed by atoms with E-state index in [0.717, 1.165) is 12.8 Å². The van der Waals surface area contributed by atoms with E-state index in [4.69, 9.17) is 9.47 Å². The van der Waals surface area contributed by atoms with Crippen LogP contribution in [0.1, 0.15) is 39.5 Å². The normalized spacial score (nSPS) is 49.6. The van der Waals surface area contributed by atoms with Crippen molar-refractivity contribution in [3.8, 4) is 0 Å². The summed E-state index contributed by atoms with van der Waals surface area (Å²) >= 11 is 0. The Balaban J connectivity index is 2.10. The van der Waals surface area contributed by atoms with Gasteiger partial charge in [0, 0.05) is 6.42 Å². The summed E-state index contributed by atoms with van der Waals surface area (Å²) in [5, 5.41) is 0. The number of rotatable bonds is 1. The van der Waals surface area contributed by atoms with Gasteiger partial charge in [-0.25, -0.2) is 0 Å². The highest BCUT2D eigenvalue weighted by atomic mass is 16.8. The molecule has 2 aliphatic rings. The topological polar surface area (TPSA) is 18.5 Å². The molecule has 2 bridgehead atoms. The van der Waals surface area contributed by atoms with Gasteiger partial charge in [0.2, 0.25) is 0 Å². The molecule has 2 heterocycles. The van der Waals surface area contributed by atoms with Gasteiger partial charge in [-0.1, -0.05) is 6.92 Å². The first kappa shape index (κ1) is 7.56. The van der Waals surface area contributed by atoms with Crippen LogP contribution in [0.3, 0.4) is 0 Å². The summed E-state index contributed by atoms with van der Waals surface area (Å²) in [5.41, 5.74) is 0. The van der Waals surface area contributed by atoms with Crippen molar-refractivity contribution in [2.45, 2.75) is 57.5 Å². The van der Waals surface area contributed by atoms with Crippen molar-refractivity contribution in [2.24, 2.45) is 0 Å². The van der Waals surface area contributed by atoms with E-state index in [1.807, 2.05) is 0 Å². The third-order valence-corrected chi connectivity index (χ3v) is 2.74. The van der Waals surface area contributed by atoms with E-state index in [0.29, 0.717) is 12.2 Å². The molecule has 0 amide bonds. The number of hydrogen-bond acceptors (Lipinski definition) is 2. The molecule has 2 rings (SSSR count). The van der Waals surface area contributed by atoms with Crippen molar-refractivity contribution in [1.29, 1.82) is 0 Å². The quantitative estimate of drug-likeness (QED) is 0.578. The summed E-state index contributed by atoms with van der Waals surface area (Å²) in [6.45, 7) is 4.23. The average molecular weight is 156 g/mol. The molecule has 2 saturated heterocycles. The molecule has 0 aromatic rings. The van der Waals surface area contributed by atoms with Crippen LogP contribution in [0.25, 0.3) is 0 Å². The Labute approximate surface area is 67.9 Å². The minimum absolute atomic E-state index is 0.233. The molecule has 0 aromatic carbocycles. The van der Waals surface area contributed by atoms with Crippen LogP contribution in [0, 0.1) is 0 Å². The molecule has 64 valence electrons. The summed E-state index contributed by atoms with van der Waals surface area (Å²) in [4.78, 5) is 0. The van der Waals surface area contributed by atoms with Crippen LogP contribution in [-0.4, -0.2) is 18.0 Å². The first-order valence-corrected chi connectivity index (χ1v) is 4.59. The van der Waals surface area contributed by atoms with Crippen LogP contribution < -0.4 is 0 Å². The van der Waals surface area contributed by atoms with E-state index in [2.05, 4.69) is 13.8 Å². The van der Waals surface area contributed by atoms with Gasteiger partial charge in [-0.3, -0.25) is 0 Å². The predicted molar refractivity (Wildman–Crippen MR) is 42.3 cm³/mol. The fourth-order valence-electron chi connectivity index (χ4n) is 2.15. The maximum Gasteiger partial charge on any atom is 0.166 e. The van der Waals surface area contributed by atoms with Crippen molar-refractivity contribution in [2.75, 3.05) is 0 Å². The van der Waals surface area contributed by atoms with Gasteiger partial charge in [0.05, 0.1) is 12.2 Å². The van der Waals surface area contributed by atoms with Crippen molar-refractivity contribution < 1.29 is 9.47 Å². The van der Waals surface area contributed by atoms with Gasteiger partial charge < -0.3 is 9.47 Å². The average Bonchev–Trinajstić information content (AvgIpc) is 2.21. The Kier molecular flexibility index (Phi) is 1.69. The fraction of sp³-hybridized carbons (Fsp3) is 1.00. The molecular weight excluding hydrogens is 140 g/mol. The molecule has 0 saturated carbocycles. The summed E-state index contributed by atoms with van der Waals surface area (Å²) in [6, 6.07) is 0. The van der Waals surface area contributed by atoms with Gasteiger partial charge in [-0.2, -0.15) is 0 Å². The fourth-order valence-corrected chi connectivity index (χ4v) is 2.15. The maximum absolute atomic E-state index is 5.80. The van der Waals surface area contributed by atoms with Crippen molar-refractivity contribution >= 4 is 0 Å². The van der Waals surface area contributed by atoms with E-state index >= 15 is 0 Å². The lowest BCUT2D eigenvalue weighted by atomic mass is 10.0. The molecule has 0 aliphatic carbocycles. The highest BCUT2D eigenvalue weighted by Gasteiger charge is 2.45. The maximum atomic E-state index is 5.80. The van der Waals surface area contributed by atoms with Gasteiger partial charge in [-0.05, 0) is 26.2 Å². The van der Waals surface area contributed by atoms with Crippen LogP contribution in [0.15, 0.2) is 0 Å². The van der Waals surface area contributed by atoms with Crippen molar-refractivity contribution in [3.63, 3.8) is 0 Å². The third-order valence-electron chi connectivity index (χ3n) is 2.74. The zero-order valence-electron chi connectivity index (χ0n) is 7.30. The smallest absolute Gasteiger partial charge is 0.166 e. The molecule has 0 N–H and O–H groups in total. The Morgan fingerprint density at radius 1 is 1.45 bits per heavy atom. The van der Waals surface area contributed by atoms with Crippen LogP contribution in [0.2, 0.25) is 0 Å². The summed E-state index contributed by atoms with van der Waals surface area (Å²) in [6.07, 6.45) is 5.35. The van der Waals surface area contributed by atoms with Gasteiger partial charge in [0.25, 0.3) is 0 Å². The first-order chi connectivity index (χ1) is 5.23. The lowest BCUT2D eigenvalue weighted by Gasteiger charge is -2.26. The lowest BCUT2D eigenvalue weighted by molar-refractivity contribution is -0.179. The first-order valence-electron chi connectivity index (χ1n) is 4.59. The molecular formula is C9H16O2. The van der Waals surface area contributed by atoms with E-state index < -0.39 is 0 Å².